The van der Waals surface area contributed by atoms with Crippen LogP contribution < -0.4 is 5.43 Å². The maximum atomic E-state index is 12.1. The van der Waals surface area contributed by atoms with E-state index in [-0.39, 0.29) is 5.69 Å². The summed E-state index contributed by atoms with van der Waals surface area (Å²) in [5.41, 5.74) is 4.82. The lowest BCUT2D eigenvalue weighted by molar-refractivity contribution is 0.0951. The van der Waals surface area contributed by atoms with Crippen molar-refractivity contribution < 1.29 is 4.79 Å². The molecule has 0 spiro atoms. The van der Waals surface area contributed by atoms with E-state index < -0.39 is 5.91 Å². The van der Waals surface area contributed by atoms with Gasteiger partial charge in [0.2, 0.25) is 0 Å². The average molecular weight is 323 g/mol. The maximum absolute atomic E-state index is 12.1. The summed E-state index contributed by atoms with van der Waals surface area (Å²) in [6.07, 6.45) is 1.50. The number of aromatic amines is 1. The number of fused-ring (bicyclic) bond motifs is 1. The molecule has 0 bridgehead atoms. The zero-order chi connectivity index (χ0) is 16.2. The summed E-state index contributed by atoms with van der Waals surface area (Å²) in [6.45, 7) is 0. The van der Waals surface area contributed by atoms with Crippen LogP contribution in [0.2, 0.25) is 5.02 Å². The molecule has 0 saturated carbocycles. The number of nitrogens with zero attached hydrogens (tertiary/aromatic N) is 2. The lowest BCUT2D eigenvalue weighted by Crippen LogP contribution is -2.18. The van der Waals surface area contributed by atoms with Crippen molar-refractivity contribution in [2.75, 3.05) is 0 Å². The zero-order valence-corrected chi connectivity index (χ0v) is 12.6. The molecule has 112 valence electrons. The van der Waals surface area contributed by atoms with E-state index in [4.69, 9.17) is 16.9 Å². The molecule has 0 unspecified atom stereocenters. The molecule has 0 aliphatic rings. The van der Waals surface area contributed by atoms with E-state index in [0.29, 0.717) is 10.6 Å². The van der Waals surface area contributed by atoms with Gasteiger partial charge < -0.3 is 4.98 Å². The molecule has 1 aromatic heterocycles. The maximum Gasteiger partial charge on any atom is 0.289 e. The lowest BCUT2D eigenvalue weighted by Gasteiger charge is -1.98. The molecule has 2 aromatic carbocycles. The number of para-hydroxylation sites is 1. The largest absolute Gasteiger partial charge is 0.349 e. The summed E-state index contributed by atoms with van der Waals surface area (Å²) in [6, 6.07) is 16.3. The number of hydrazone groups is 1. The topological polar surface area (TPSA) is 81.0 Å². The van der Waals surface area contributed by atoms with Crippen molar-refractivity contribution in [1.29, 1.82) is 5.26 Å². The Balaban J connectivity index is 1.74. The fourth-order valence-corrected chi connectivity index (χ4v) is 2.43. The van der Waals surface area contributed by atoms with Gasteiger partial charge in [0.1, 0.15) is 5.69 Å². The fourth-order valence-electron chi connectivity index (χ4n) is 2.13. The lowest BCUT2D eigenvalue weighted by atomic mass is 10.2. The third-order valence-corrected chi connectivity index (χ3v) is 3.68. The van der Waals surface area contributed by atoms with Crippen molar-refractivity contribution in [1.82, 2.24) is 10.4 Å². The first-order chi connectivity index (χ1) is 11.2. The Hall–Kier alpha value is -3.10. The number of nitrogens with one attached hydrogen (secondary N) is 2. The van der Waals surface area contributed by atoms with E-state index in [1.54, 1.807) is 24.3 Å². The number of aromatic nitrogens is 1. The van der Waals surface area contributed by atoms with Crippen LogP contribution in [0.25, 0.3) is 10.9 Å². The van der Waals surface area contributed by atoms with Gasteiger partial charge in [-0.25, -0.2) is 5.43 Å². The quantitative estimate of drug-likeness (QED) is 0.572. The Morgan fingerprint density at radius 2 is 1.96 bits per heavy atom. The SMILES string of the molecule is N#Cc1ccc(C=NNC(=O)c2[nH]c3ccccc3c2Cl)cc1. The van der Waals surface area contributed by atoms with Gasteiger partial charge in [-0.15, -0.1) is 0 Å². The molecule has 23 heavy (non-hydrogen) atoms. The second-order valence-corrected chi connectivity index (χ2v) is 5.17. The number of hydrogen-bond donors (Lipinski definition) is 2. The summed E-state index contributed by atoms with van der Waals surface area (Å²) in [5, 5.41) is 13.8. The minimum Gasteiger partial charge on any atom is -0.349 e. The molecule has 3 aromatic rings. The monoisotopic (exact) mass is 322 g/mol. The zero-order valence-electron chi connectivity index (χ0n) is 11.9. The van der Waals surface area contributed by atoms with Crippen LogP contribution in [-0.4, -0.2) is 17.1 Å². The van der Waals surface area contributed by atoms with E-state index in [2.05, 4.69) is 15.5 Å². The average Bonchev–Trinajstić information content (AvgIpc) is 2.93. The van der Waals surface area contributed by atoms with Gasteiger partial charge in [0, 0.05) is 10.9 Å². The number of amides is 1. The summed E-state index contributed by atoms with van der Waals surface area (Å²) in [7, 11) is 0. The van der Waals surface area contributed by atoms with E-state index in [1.807, 2.05) is 30.3 Å². The molecule has 2 N–H and O–H groups in total. The van der Waals surface area contributed by atoms with E-state index in [0.717, 1.165) is 16.5 Å². The first-order valence-electron chi connectivity index (χ1n) is 6.79. The number of carbonyl (C=O) groups excluding carboxylic acids is 1. The van der Waals surface area contributed by atoms with E-state index in [9.17, 15) is 4.79 Å². The summed E-state index contributed by atoms with van der Waals surface area (Å²) >= 11 is 6.21. The van der Waals surface area contributed by atoms with Crippen LogP contribution in [-0.2, 0) is 0 Å². The van der Waals surface area contributed by atoms with Gasteiger partial charge in [-0.3, -0.25) is 4.79 Å². The number of benzene rings is 2. The highest BCUT2D eigenvalue weighted by molar-refractivity contribution is 6.38. The van der Waals surface area contributed by atoms with E-state index >= 15 is 0 Å². The van der Waals surface area contributed by atoms with Crippen molar-refractivity contribution in [2.45, 2.75) is 0 Å². The molecule has 6 heteroatoms. The highest BCUT2D eigenvalue weighted by atomic mass is 35.5. The van der Waals surface area contributed by atoms with Crippen molar-refractivity contribution in [3.05, 3.63) is 70.4 Å². The Kier molecular flexibility index (Phi) is 4.09. The number of halogens is 1. The molecule has 3 rings (SSSR count). The molecule has 0 fully saturated rings. The first-order valence-corrected chi connectivity index (χ1v) is 7.16. The summed E-state index contributed by atoms with van der Waals surface area (Å²) in [4.78, 5) is 15.1. The second kappa shape index (κ2) is 6.34. The standard InChI is InChI=1S/C17H11ClN4O/c18-15-13-3-1-2-4-14(13)21-16(15)17(23)22-20-10-12-7-5-11(9-19)6-8-12/h1-8,10,21H,(H,22,23). The fraction of sp³-hybridized carbons (Fsp3) is 0. The first kappa shape index (κ1) is 14.8. The van der Waals surface area contributed by atoms with Crippen molar-refractivity contribution in [3.8, 4) is 6.07 Å². The summed E-state index contributed by atoms with van der Waals surface area (Å²) < 4.78 is 0. The van der Waals surface area contributed by atoms with Gasteiger partial charge >= 0.3 is 0 Å². The normalized spacial score (nSPS) is 10.8. The Morgan fingerprint density at radius 1 is 1.22 bits per heavy atom. The molecule has 0 saturated heterocycles. The molecule has 5 nitrogen and oxygen atoms in total. The van der Waals surface area contributed by atoms with Crippen LogP contribution in [0.15, 0.2) is 53.6 Å². The Labute approximate surface area is 137 Å². The Morgan fingerprint density at radius 3 is 2.65 bits per heavy atom. The van der Waals surface area contributed by atoms with Crippen LogP contribution in [0.3, 0.4) is 0 Å². The van der Waals surface area contributed by atoms with Crippen molar-refractivity contribution in [2.24, 2.45) is 5.10 Å². The minimum atomic E-state index is -0.420. The van der Waals surface area contributed by atoms with Crippen molar-refractivity contribution >= 4 is 34.6 Å². The van der Waals surface area contributed by atoms with Gasteiger partial charge in [-0.2, -0.15) is 10.4 Å². The minimum absolute atomic E-state index is 0.268. The smallest absolute Gasteiger partial charge is 0.289 e. The van der Waals surface area contributed by atoms with Gasteiger partial charge in [-0.1, -0.05) is 41.9 Å². The van der Waals surface area contributed by atoms with Gasteiger partial charge in [0.15, 0.2) is 0 Å². The molecule has 0 aliphatic heterocycles. The van der Waals surface area contributed by atoms with E-state index in [1.165, 1.54) is 6.21 Å². The molecular weight excluding hydrogens is 312 g/mol. The van der Waals surface area contributed by atoms with Crippen LogP contribution in [0.5, 0.6) is 0 Å². The number of nitriles is 1. The highest BCUT2D eigenvalue weighted by Crippen LogP contribution is 2.26. The number of carbonyl (C=O) groups is 1. The van der Waals surface area contributed by atoms with Crippen LogP contribution in [0.4, 0.5) is 0 Å². The van der Waals surface area contributed by atoms with Crippen molar-refractivity contribution in [3.63, 3.8) is 0 Å². The number of H-pyrrole nitrogens is 1. The molecular formula is C17H11ClN4O. The molecule has 1 amide bonds. The predicted molar refractivity (Wildman–Crippen MR) is 89.5 cm³/mol. The molecule has 0 radical (unpaired) electrons. The van der Waals surface area contributed by atoms with Gasteiger partial charge in [0.25, 0.3) is 5.91 Å². The van der Waals surface area contributed by atoms with Crippen LogP contribution in [0.1, 0.15) is 21.6 Å². The highest BCUT2D eigenvalue weighted by Gasteiger charge is 2.15. The van der Waals surface area contributed by atoms with Crippen LogP contribution >= 0.6 is 11.6 Å². The second-order valence-electron chi connectivity index (χ2n) is 4.79. The third-order valence-electron chi connectivity index (χ3n) is 3.29. The van der Waals surface area contributed by atoms with Gasteiger partial charge in [-0.05, 0) is 23.8 Å². The Bertz CT molecular complexity index is 935. The summed E-state index contributed by atoms with van der Waals surface area (Å²) in [5.74, 6) is -0.420. The van der Waals surface area contributed by atoms with Crippen LogP contribution in [0, 0.1) is 11.3 Å². The third kappa shape index (κ3) is 3.07. The van der Waals surface area contributed by atoms with Gasteiger partial charge in [0.05, 0.1) is 22.9 Å². The molecule has 1 heterocycles. The number of hydrogen-bond acceptors (Lipinski definition) is 3. The molecule has 0 aliphatic carbocycles. The number of rotatable bonds is 3. The molecule has 0 atom stereocenters. The predicted octanol–water partition coefficient (Wildman–Crippen LogP) is 3.46.